The van der Waals surface area contributed by atoms with E-state index in [9.17, 15) is 9.59 Å². The normalized spacial score (nSPS) is 10.5. The van der Waals surface area contributed by atoms with Gasteiger partial charge in [-0.15, -0.1) is 17.8 Å². The monoisotopic (exact) mass is 445 g/mol. The van der Waals surface area contributed by atoms with Gasteiger partial charge in [0.2, 0.25) is 0 Å². The molecule has 0 saturated heterocycles. The van der Waals surface area contributed by atoms with Gasteiger partial charge in [-0.2, -0.15) is 5.10 Å². The summed E-state index contributed by atoms with van der Waals surface area (Å²) < 4.78 is 6.61. The van der Waals surface area contributed by atoms with Crippen molar-refractivity contribution in [3.05, 3.63) is 64.1 Å². The number of esters is 1. The number of nitrogens with zero attached hydrogens (tertiary/aromatic N) is 3. The third-order valence-corrected chi connectivity index (χ3v) is 5.65. The molecular weight excluding hydrogens is 426 g/mol. The van der Waals surface area contributed by atoms with Crippen LogP contribution in [0.25, 0.3) is 22.0 Å². The number of anilines is 1. The van der Waals surface area contributed by atoms with Crippen LogP contribution < -0.4 is 10.6 Å². The van der Waals surface area contributed by atoms with Gasteiger partial charge in [0.15, 0.2) is 5.01 Å². The lowest BCUT2D eigenvalue weighted by molar-refractivity contribution is 0.0601. The zero-order valence-electron chi connectivity index (χ0n) is 17.4. The Morgan fingerprint density at radius 3 is 2.72 bits per heavy atom. The average Bonchev–Trinajstić information content (AvgIpc) is 3.43. The molecule has 0 bridgehead atoms. The van der Waals surface area contributed by atoms with Crippen LogP contribution in [0.2, 0.25) is 0 Å². The zero-order chi connectivity index (χ0) is 22.7. The summed E-state index contributed by atoms with van der Waals surface area (Å²) in [6.45, 7) is 0.336. The van der Waals surface area contributed by atoms with Gasteiger partial charge in [-0.05, 0) is 34.7 Å². The molecule has 2 aromatic carbocycles. The molecule has 2 heterocycles. The summed E-state index contributed by atoms with van der Waals surface area (Å²) in [4.78, 5) is 28.3. The van der Waals surface area contributed by atoms with Gasteiger partial charge in [0.25, 0.3) is 0 Å². The van der Waals surface area contributed by atoms with E-state index in [4.69, 9.17) is 11.2 Å². The molecule has 4 aromatic rings. The van der Waals surface area contributed by atoms with Crippen LogP contribution in [0.15, 0.2) is 48.0 Å². The highest BCUT2D eigenvalue weighted by Gasteiger charge is 2.14. The van der Waals surface area contributed by atoms with Crippen LogP contribution in [0, 0.1) is 12.3 Å². The van der Waals surface area contributed by atoms with Crippen LogP contribution >= 0.6 is 11.3 Å². The Hall–Kier alpha value is -4.16. The van der Waals surface area contributed by atoms with Crippen molar-refractivity contribution < 1.29 is 14.3 Å². The summed E-state index contributed by atoms with van der Waals surface area (Å²) in [7, 11) is 3.18. The molecule has 2 amide bonds. The summed E-state index contributed by atoms with van der Waals surface area (Å²) in [5.74, 6) is 2.44. The predicted molar refractivity (Wildman–Crippen MR) is 123 cm³/mol. The number of carbonyl (C=O) groups is 2. The summed E-state index contributed by atoms with van der Waals surface area (Å²) in [5.41, 5.74) is 4.00. The fourth-order valence-electron chi connectivity index (χ4n) is 3.26. The number of benzene rings is 2. The molecule has 0 atom stereocenters. The first-order valence-corrected chi connectivity index (χ1v) is 10.5. The van der Waals surface area contributed by atoms with Crippen LogP contribution in [0.3, 0.4) is 0 Å². The van der Waals surface area contributed by atoms with Gasteiger partial charge in [0, 0.05) is 24.4 Å². The third kappa shape index (κ3) is 4.31. The van der Waals surface area contributed by atoms with E-state index in [1.165, 1.54) is 18.4 Å². The van der Waals surface area contributed by atoms with Crippen molar-refractivity contribution in [3.8, 4) is 23.5 Å². The van der Waals surface area contributed by atoms with Gasteiger partial charge < -0.3 is 10.1 Å². The van der Waals surface area contributed by atoms with Crippen LogP contribution in [-0.4, -0.2) is 33.9 Å². The van der Waals surface area contributed by atoms with E-state index >= 15 is 0 Å². The molecule has 0 fully saturated rings. The molecule has 0 aliphatic carbocycles. The van der Waals surface area contributed by atoms with Gasteiger partial charge in [-0.25, -0.2) is 14.6 Å². The van der Waals surface area contributed by atoms with E-state index in [-0.39, 0.29) is 6.03 Å². The minimum absolute atomic E-state index is 0.336. The Morgan fingerprint density at radius 2 is 2.03 bits per heavy atom. The summed E-state index contributed by atoms with van der Waals surface area (Å²) in [5, 5.41) is 12.9. The molecule has 0 spiro atoms. The Bertz CT molecular complexity index is 1350. The first-order valence-electron chi connectivity index (χ1n) is 9.59. The lowest BCUT2D eigenvalue weighted by Crippen LogP contribution is -2.28. The van der Waals surface area contributed by atoms with E-state index < -0.39 is 5.97 Å². The molecule has 9 heteroatoms. The molecule has 32 heavy (non-hydrogen) atoms. The number of fused-ring (bicyclic) bond motifs is 1. The van der Waals surface area contributed by atoms with Crippen molar-refractivity contribution in [3.63, 3.8) is 0 Å². The second-order valence-electron chi connectivity index (χ2n) is 6.90. The molecular formula is C23H19N5O3S. The molecule has 0 unspecified atom stereocenters. The highest BCUT2D eigenvalue weighted by atomic mass is 32.1. The molecule has 0 saturated carbocycles. The first kappa shape index (κ1) is 21.1. The van der Waals surface area contributed by atoms with Gasteiger partial charge in [0.05, 0.1) is 24.4 Å². The maximum absolute atomic E-state index is 12.1. The number of rotatable bonds is 5. The van der Waals surface area contributed by atoms with E-state index in [1.54, 1.807) is 28.4 Å². The number of thiazole rings is 1. The number of amides is 2. The molecule has 0 aliphatic rings. The number of carbonyl (C=O) groups excluding carboxylic acids is 2. The molecule has 160 valence electrons. The van der Waals surface area contributed by atoms with Crippen molar-refractivity contribution >= 4 is 40.1 Å². The van der Waals surface area contributed by atoms with Gasteiger partial charge in [0.1, 0.15) is 5.82 Å². The van der Waals surface area contributed by atoms with Crippen LogP contribution in [-0.2, 0) is 18.3 Å². The van der Waals surface area contributed by atoms with Crippen LogP contribution in [0.1, 0.15) is 20.9 Å². The van der Waals surface area contributed by atoms with E-state index in [2.05, 4.69) is 26.6 Å². The molecule has 8 nitrogen and oxygen atoms in total. The van der Waals surface area contributed by atoms with Crippen molar-refractivity contribution in [2.24, 2.45) is 7.05 Å². The second kappa shape index (κ2) is 8.91. The maximum Gasteiger partial charge on any atom is 0.337 e. The van der Waals surface area contributed by atoms with E-state index in [0.717, 1.165) is 27.6 Å². The van der Waals surface area contributed by atoms with Gasteiger partial charge in [-0.1, -0.05) is 24.3 Å². The van der Waals surface area contributed by atoms with Gasteiger partial charge >= 0.3 is 12.0 Å². The minimum atomic E-state index is -0.407. The highest BCUT2D eigenvalue weighted by molar-refractivity contribution is 7.10. The van der Waals surface area contributed by atoms with Crippen molar-refractivity contribution in [1.29, 1.82) is 0 Å². The third-order valence-electron chi connectivity index (χ3n) is 4.88. The van der Waals surface area contributed by atoms with Gasteiger partial charge in [-0.3, -0.25) is 10.00 Å². The standard InChI is InChI=1S/C23H19N5O3S/c1-4-21-26-20(13-32-21)27-23(30)24-11-14-5-7-15(8-6-14)17-9-16(22(29)31-3)10-19-18(17)12-25-28(19)2/h1,5-10,12-13H,11H2,2-3H3,(H2,24,27,30). The smallest absolute Gasteiger partial charge is 0.337 e. The topological polar surface area (TPSA) is 98.1 Å². The highest BCUT2D eigenvalue weighted by Crippen LogP contribution is 2.30. The number of hydrogen-bond acceptors (Lipinski definition) is 6. The SMILES string of the molecule is C#Cc1nc(NC(=O)NCc2ccc(-c3cc(C(=O)OC)cc4c3cnn4C)cc2)cs1. The number of nitrogens with one attached hydrogen (secondary N) is 2. The average molecular weight is 446 g/mol. The van der Waals surface area contributed by atoms with Crippen molar-refractivity contribution in [2.75, 3.05) is 12.4 Å². The van der Waals surface area contributed by atoms with Crippen LogP contribution in [0.4, 0.5) is 10.6 Å². The fourth-order valence-corrected chi connectivity index (χ4v) is 3.82. The summed E-state index contributed by atoms with van der Waals surface area (Å²) in [6, 6.07) is 10.9. The van der Waals surface area contributed by atoms with Crippen molar-refractivity contribution in [1.82, 2.24) is 20.1 Å². The Balaban J connectivity index is 1.50. The summed E-state index contributed by atoms with van der Waals surface area (Å²) in [6.07, 6.45) is 7.06. The second-order valence-corrected chi connectivity index (χ2v) is 7.76. The number of methoxy groups -OCH3 is 1. The zero-order valence-corrected chi connectivity index (χ0v) is 18.2. The molecule has 0 radical (unpaired) electrons. The minimum Gasteiger partial charge on any atom is -0.465 e. The molecule has 0 aliphatic heterocycles. The lowest BCUT2D eigenvalue weighted by atomic mass is 9.98. The Morgan fingerprint density at radius 1 is 1.25 bits per heavy atom. The number of aromatic nitrogens is 3. The number of ether oxygens (including phenoxy) is 1. The number of urea groups is 1. The van der Waals surface area contributed by atoms with Crippen LogP contribution in [0.5, 0.6) is 0 Å². The number of hydrogen-bond donors (Lipinski definition) is 2. The maximum atomic E-state index is 12.1. The number of aryl methyl sites for hydroxylation is 1. The summed E-state index contributed by atoms with van der Waals surface area (Å²) >= 11 is 1.29. The quantitative estimate of drug-likeness (QED) is 0.360. The molecule has 2 N–H and O–H groups in total. The van der Waals surface area contributed by atoms with E-state index in [0.29, 0.717) is 22.9 Å². The first-order chi connectivity index (χ1) is 15.5. The predicted octanol–water partition coefficient (Wildman–Crippen LogP) is 3.79. The largest absolute Gasteiger partial charge is 0.465 e. The molecule has 4 rings (SSSR count). The fraction of sp³-hybridized carbons (Fsp3) is 0.130. The van der Waals surface area contributed by atoms with Crippen molar-refractivity contribution in [2.45, 2.75) is 6.54 Å². The Labute approximate surface area is 188 Å². The lowest BCUT2D eigenvalue weighted by Gasteiger charge is -2.09. The Kier molecular flexibility index (Phi) is 5.87. The van der Waals surface area contributed by atoms with E-state index in [1.807, 2.05) is 31.3 Å². The molecule has 2 aromatic heterocycles. The number of terminal acetylenes is 1.